The summed E-state index contributed by atoms with van der Waals surface area (Å²) < 4.78 is 21.1. The van der Waals surface area contributed by atoms with Crippen molar-refractivity contribution in [1.29, 1.82) is 0 Å². The Bertz CT molecular complexity index is 2210. The molecule has 8 heteroatoms. The van der Waals surface area contributed by atoms with Crippen molar-refractivity contribution < 1.29 is 33.4 Å². The highest BCUT2D eigenvalue weighted by atomic mass is 19.1. The van der Waals surface area contributed by atoms with Crippen LogP contribution in [-0.4, -0.2) is 35.5 Å². The van der Waals surface area contributed by atoms with Gasteiger partial charge in [-0.3, -0.25) is 4.79 Å². The number of halogens is 1. The molecule has 1 amide bonds. The first-order chi connectivity index (χ1) is 28.5. The van der Waals surface area contributed by atoms with Gasteiger partial charge in [-0.2, -0.15) is 9.59 Å². The molecule has 3 aromatic rings. The minimum Gasteiger partial charge on any atom is -0.481 e. The molecular weight excluding hydrogens is 754 g/mol. The number of carboxylic acid groups (broad SMARTS) is 1. The maximum absolute atomic E-state index is 14.9. The highest BCUT2D eigenvalue weighted by Crippen LogP contribution is 2.76. The number of allylic oxidation sites excluding steroid dienone is 2. The predicted molar refractivity (Wildman–Crippen MR) is 229 cm³/mol. The van der Waals surface area contributed by atoms with E-state index in [2.05, 4.69) is 101 Å². The topological polar surface area (TPSA) is 110 Å². The second kappa shape index (κ2) is 15.1. The molecule has 0 heterocycles. The van der Waals surface area contributed by atoms with Crippen LogP contribution in [0, 0.1) is 69.9 Å². The van der Waals surface area contributed by atoms with Crippen LogP contribution in [0.15, 0.2) is 72.8 Å². The van der Waals surface area contributed by atoms with E-state index in [-0.39, 0.29) is 64.1 Å². The lowest BCUT2D eigenvalue weighted by Crippen LogP contribution is -2.68. The molecule has 4 saturated carbocycles. The Labute approximate surface area is 355 Å². The lowest BCUT2D eigenvalue weighted by atomic mass is 9.33. The fraction of sp³-hybridized carbons (Fsp3) is 0.558. The molecule has 1 unspecified atom stereocenters. The number of carboxylic acids is 1. The number of alkyl carbamates (subject to hydrolysis) is 1. The number of hydrogen-bond acceptors (Lipinski definition) is 5. The summed E-state index contributed by atoms with van der Waals surface area (Å²) in [5, 5.41) is 14.0. The van der Waals surface area contributed by atoms with Crippen LogP contribution in [0.1, 0.15) is 128 Å². The van der Waals surface area contributed by atoms with E-state index in [9.17, 15) is 19.1 Å². The zero-order valence-electron chi connectivity index (χ0n) is 36.4. The minimum absolute atomic E-state index is 0.00402. The summed E-state index contributed by atoms with van der Waals surface area (Å²) in [6.45, 7) is 16.5. The van der Waals surface area contributed by atoms with E-state index < -0.39 is 17.4 Å². The molecule has 6 aliphatic carbocycles. The molecule has 10 atom stereocenters. The Morgan fingerprint density at radius 1 is 0.850 bits per heavy atom. The van der Waals surface area contributed by atoms with Crippen LogP contribution in [0.25, 0.3) is 16.7 Å². The lowest BCUT2D eigenvalue weighted by Gasteiger charge is -2.72. The second-order valence-corrected chi connectivity index (χ2v) is 20.7. The molecule has 6 aliphatic rings. The van der Waals surface area contributed by atoms with E-state index in [1.807, 2.05) is 19.9 Å². The van der Waals surface area contributed by atoms with Crippen LogP contribution in [0.2, 0.25) is 0 Å². The van der Waals surface area contributed by atoms with Crippen LogP contribution in [0.5, 0.6) is 0 Å². The molecule has 3 aromatic carbocycles. The first kappa shape index (κ1) is 42.2. The minimum atomic E-state index is -0.738. The second-order valence-electron chi connectivity index (χ2n) is 20.7. The number of aliphatic carboxylic acids is 1. The molecule has 7 nitrogen and oxygen atoms in total. The van der Waals surface area contributed by atoms with Crippen molar-refractivity contribution in [3.8, 4) is 11.1 Å². The fourth-order valence-electron chi connectivity index (χ4n) is 15.3. The lowest BCUT2D eigenvalue weighted by molar-refractivity contribution is -0.221. The van der Waals surface area contributed by atoms with Gasteiger partial charge >= 0.3 is 18.2 Å². The summed E-state index contributed by atoms with van der Waals surface area (Å²) in [6, 6.07) is 22.6. The molecule has 0 aromatic heterocycles. The number of rotatable bonds is 6. The monoisotopic (exact) mass is 815 g/mol. The number of amides is 1. The maximum atomic E-state index is 14.9. The van der Waals surface area contributed by atoms with Gasteiger partial charge in [-0.15, -0.1) is 0 Å². The molecule has 0 radical (unpaired) electrons. The number of carbonyl (C=O) groups excluding carboxylic acids is 3. The summed E-state index contributed by atoms with van der Waals surface area (Å²) in [5.74, 6) is -0.0472. The zero-order valence-corrected chi connectivity index (χ0v) is 36.4. The van der Waals surface area contributed by atoms with Gasteiger partial charge in [0.05, 0.1) is 5.92 Å². The Hall–Kier alpha value is -4.55. The summed E-state index contributed by atoms with van der Waals surface area (Å²) in [5.41, 5.74) is 7.34. The highest BCUT2D eigenvalue weighted by molar-refractivity contribution is 5.79. The molecule has 4 fully saturated rings. The van der Waals surface area contributed by atoms with Crippen molar-refractivity contribution >= 4 is 23.8 Å². The van der Waals surface area contributed by atoms with Crippen molar-refractivity contribution in [3.63, 3.8) is 0 Å². The van der Waals surface area contributed by atoms with Crippen molar-refractivity contribution in [2.24, 2.45) is 57.2 Å². The zero-order chi connectivity index (χ0) is 43.0. The Kier molecular flexibility index (Phi) is 10.6. The predicted octanol–water partition coefficient (Wildman–Crippen LogP) is 11.6. The summed E-state index contributed by atoms with van der Waals surface area (Å²) in [4.78, 5) is 43.1. The number of benzene rings is 3. The van der Waals surface area contributed by atoms with E-state index in [4.69, 9.17) is 14.3 Å². The normalized spacial score (nSPS) is 34.9. The van der Waals surface area contributed by atoms with Gasteiger partial charge in [-0.05, 0) is 161 Å². The smallest absolute Gasteiger partial charge is 0.407 e. The van der Waals surface area contributed by atoms with E-state index in [0.29, 0.717) is 23.3 Å². The average Bonchev–Trinajstić information content (AvgIpc) is 3.74. The van der Waals surface area contributed by atoms with Gasteiger partial charge in [0.25, 0.3) is 0 Å². The van der Waals surface area contributed by atoms with Crippen LogP contribution < -0.4 is 5.32 Å². The van der Waals surface area contributed by atoms with E-state index >= 15 is 0 Å². The number of nitrogens with one attached hydrogen (secondary N) is 1. The van der Waals surface area contributed by atoms with Crippen molar-refractivity contribution in [2.75, 3.05) is 6.61 Å². The first-order valence-electron chi connectivity index (χ1n) is 22.3. The Morgan fingerprint density at radius 2 is 1.50 bits per heavy atom. The van der Waals surface area contributed by atoms with Gasteiger partial charge in [-0.25, -0.2) is 9.18 Å². The van der Waals surface area contributed by atoms with Crippen molar-refractivity contribution in [3.05, 3.63) is 101 Å². The van der Waals surface area contributed by atoms with Gasteiger partial charge in [0.2, 0.25) is 0 Å². The molecule has 9 rings (SSSR count). The molecule has 2 N–H and O–H groups in total. The van der Waals surface area contributed by atoms with E-state index in [0.717, 1.165) is 63.4 Å². The van der Waals surface area contributed by atoms with Gasteiger partial charge in [0.1, 0.15) is 12.4 Å². The first-order valence-corrected chi connectivity index (χ1v) is 22.3. The molecular formula is C52H62FNO6. The molecule has 0 saturated heterocycles. The average molecular weight is 816 g/mol. The van der Waals surface area contributed by atoms with Crippen LogP contribution >= 0.6 is 0 Å². The number of ether oxygens (including phenoxy) is 1. The van der Waals surface area contributed by atoms with E-state index in [1.54, 1.807) is 6.07 Å². The van der Waals surface area contributed by atoms with Crippen molar-refractivity contribution in [2.45, 2.75) is 118 Å². The van der Waals surface area contributed by atoms with Gasteiger partial charge in [0, 0.05) is 11.5 Å². The summed E-state index contributed by atoms with van der Waals surface area (Å²) in [6.07, 6.45) is 11.1. The standard InChI is InChI=1S/C51H62FNO4.CO2/c1-30-16-17-32(28-41(30)52)39-21-23-48(5)42(47(39,3)4)22-24-50(7)43(48)19-18-40-44-33(31(2)45(54)55)20-25-51(44,27-26-49(40,50)6)53-46(56)57-29-38-36-14-10-8-12-34(36)35-13-9-11-15-37(35)38;2-1-3/h8-17,21,28,31,33,38,40,42-44H,18-20,22-27,29H2,1-7H3,(H,53,56)(H,54,55);/t31?,33-,40+,42-,43+,44+,48-,49+,50+,51-;/m0./s1. The third kappa shape index (κ3) is 6.24. The van der Waals surface area contributed by atoms with Crippen LogP contribution in [0.4, 0.5) is 9.18 Å². The third-order valence-corrected chi connectivity index (χ3v) is 18.3. The number of fused-ring (bicyclic) bond motifs is 10. The van der Waals surface area contributed by atoms with Crippen LogP contribution in [-0.2, 0) is 19.1 Å². The maximum Gasteiger partial charge on any atom is 0.407 e. The molecule has 0 spiro atoms. The Balaban J connectivity index is 0.00000162. The molecule has 0 bridgehead atoms. The number of hydrogen-bond donors (Lipinski definition) is 2. The molecule has 0 aliphatic heterocycles. The number of aryl methyl sites for hydroxylation is 1. The van der Waals surface area contributed by atoms with E-state index in [1.165, 1.54) is 27.8 Å². The number of carbonyl (C=O) groups is 2. The van der Waals surface area contributed by atoms with Crippen molar-refractivity contribution in [1.82, 2.24) is 5.32 Å². The summed E-state index contributed by atoms with van der Waals surface area (Å²) in [7, 11) is 0. The molecule has 318 valence electrons. The fourth-order valence-corrected chi connectivity index (χ4v) is 15.3. The summed E-state index contributed by atoms with van der Waals surface area (Å²) >= 11 is 0. The SMILES string of the molecule is Cc1ccc(C2=CC[C@]3(C)[C@H]4CC[C@@H]5[C@H]6[C@H](C(C)C(=O)O)CC[C@]6(NC(=O)OCC6c7ccccc7-c7ccccc76)CC[C@@]5(C)[C@]4(C)CC[C@H]3C2(C)C)cc1F.O=C=O. The van der Waals surface area contributed by atoms with Crippen LogP contribution in [0.3, 0.4) is 0 Å². The highest BCUT2D eigenvalue weighted by Gasteiger charge is 2.71. The third-order valence-electron chi connectivity index (χ3n) is 18.3. The largest absolute Gasteiger partial charge is 0.481 e. The Morgan fingerprint density at radius 3 is 2.13 bits per heavy atom. The molecule has 60 heavy (non-hydrogen) atoms. The van der Waals surface area contributed by atoms with Gasteiger partial charge in [0.15, 0.2) is 0 Å². The van der Waals surface area contributed by atoms with Gasteiger partial charge in [-0.1, -0.05) is 108 Å². The van der Waals surface area contributed by atoms with Gasteiger partial charge < -0.3 is 15.2 Å². The quantitative estimate of drug-likeness (QED) is 0.256.